The van der Waals surface area contributed by atoms with Gasteiger partial charge in [-0.3, -0.25) is 14.3 Å². The second kappa shape index (κ2) is 9.65. The number of nitrogen functional groups attached to an aromatic ring is 1. The summed E-state index contributed by atoms with van der Waals surface area (Å²) in [7, 11) is -5.38. The number of hydrogen-bond acceptors (Lipinski definition) is 8. The molecule has 10 nitrogen and oxygen atoms in total. The van der Waals surface area contributed by atoms with E-state index in [-0.39, 0.29) is 51.4 Å². The number of ether oxygens (including phenoxy) is 1. The highest BCUT2D eigenvalue weighted by Gasteiger charge is 2.60. The third kappa shape index (κ3) is 4.46. The Balaban J connectivity index is 1.77. The SMILES string of the molecule is CC(C)[Si]1(C(C)C)OC[C@H]2O[C@@H](n3c(Br)nc4c(=O)[nH]c(N)nc43)C[C@@H]2O[Si](C(C)C)(C(C)C)O1. The second-order valence-corrected chi connectivity index (χ2v) is 20.4. The van der Waals surface area contributed by atoms with Crippen LogP contribution in [0.25, 0.3) is 11.2 Å². The zero-order chi connectivity index (χ0) is 25.9. The number of anilines is 1. The fourth-order valence-electron chi connectivity index (χ4n) is 5.52. The lowest BCUT2D eigenvalue weighted by molar-refractivity contribution is -0.0550. The Bertz CT molecular complexity index is 1120. The molecular formula is C22H38BrN5O5Si2. The molecule has 3 atom stereocenters. The average molecular weight is 589 g/mol. The standard InChI is InChI=1S/C22H38BrN5O5Si2/c1-11(2)34(12(3)4)30-10-16-15(32-35(33-34,13(5)6)14(7)8)9-17(31-16)28-19-18(25-21(28)23)20(29)27-22(24)26-19/h11-17H,9-10H2,1-8H3,(H3,24,26,27,29)/t15-,16+,17+/m0/s1. The van der Waals surface area contributed by atoms with E-state index in [9.17, 15) is 4.79 Å². The van der Waals surface area contributed by atoms with E-state index in [1.54, 1.807) is 4.57 Å². The minimum atomic E-state index is -2.74. The zero-order valence-corrected chi connectivity index (χ0v) is 25.4. The number of aromatic nitrogens is 4. The van der Waals surface area contributed by atoms with Gasteiger partial charge in [-0.25, -0.2) is 4.98 Å². The maximum atomic E-state index is 12.4. The highest BCUT2D eigenvalue weighted by atomic mass is 79.9. The lowest BCUT2D eigenvalue weighted by Gasteiger charge is -2.51. The van der Waals surface area contributed by atoms with Crippen LogP contribution >= 0.6 is 15.9 Å². The molecule has 0 amide bonds. The number of nitrogens with zero attached hydrogens (tertiary/aromatic N) is 3. The third-order valence-electron chi connectivity index (χ3n) is 7.34. The molecule has 13 heteroatoms. The van der Waals surface area contributed by atoms with Gasteiger partial charge in [-0.1, -0.05) is 55.4 Å². The van der Waals surface area contributed by atoms with Crippen molar-refractivity contribution in [3.8, 4) is 0 Å². The molecule has 3 N–H and O–H groups in total. The number of nitrogens with one attached hydrogen (secondary N) is 1. The molecule has 2 fully saturated rings. The van der Waals surface area contributed by atoms with Crippen LogP contribution in [0.15, 0.2) is 9.53 Å². The first-order chi connectivity index (χ1) is 16.3. The summed E-state index contributed by atoms with van der Waals surface area (Å²) in [5, 5.41) is 0. The summed E-state index contributed by atoms with van der Waals surface area (Å²) in [5.74, 6) is 0.0313. The fourth-order valence-corrected chi connectivity index (χ4v) is 17.3. The molecule has 196 valence electrons. The number of rotatable bonds is 5. The lowest BCUT2D eigenvalue weighted by Crippen LogP contribution is -2.65. The molecule has 0 aromatic carbocycles. The van der Waals surface area contributed by atoms with E-state index in [1.165, 1.54) is 0 Å². The smallest absolute Gasteiger partial charge is 0.335 e. The Labute approximate surface area is 216 Å². The first kappa shape index (κ1) is 27.0. The summed E-state index contributed by atoms with van der Waals surface area (Å²) >= 11 is 3.49. The molecule has 0 bridgehead atoms. The van der Waals surface area contributed by atoms with Crippen LogP contribution in [-0.4, -0.2) is 55.5 Å². The topological polar surface area (TPSA) is 127 Å². The van der Waals surface area contributed by atoms with Gasteiger partial charge in [-0.2, -0.15) is 4.98 Å². The Morgan fingerprint density at radius 1 is 1.00 bits per heavy atom. The summed E-state index contributed by atoms with van der Waals surface area (Å²) in [4.78, 5) is 23.6. The Kier molecular flexibility index (Phi) is 7.43. The van der Waals surface area contributed by atoms with E-state index in [0.717, 1.165) is 0 Å². The molecular weight excluding hydrogens is 550 g/mol. The van der Waals surface area contributed by atoms with Crippen molar-refractivity contribution in [2.24, 2.45) is 0 Å². The predicted octanol–water partition coefficient (Wildman–Crippen LogP) is 4.71. The summed E-state index contributed by atoms with van der Waals surface area (Å²) in [6.07, 6.45) is -0.380. The minimum absolute atomic E-state index is 0.0313. The zero-order valence-electron chi connectivity index (χ0n) is 21.8. The number of hydrogen-bond donors (Lipinski definition) is 2. The van der Waals surface area contributed by atoms with Gasteiger partial charge in [0.2, 0.25) is 5.95 Å². The number of nitrogens with two attached hydrogens (primary N) is 1. The maximum Gasteiger partial charge on any atom is 0.335 e. The summed E-state index contributed by atoms with van der Waals surface area (Å²) in [6, 6.07) is 0. The lowest BCUT2D eigenvalue weighted by atomic mass is 10.2. The van der Waals surface area contributed by atoms with Crippen LogP contribution < -0.4 is 11.3 Å². The van der Waals surface area contributed by atoms with Crippen LogP contribution in [0.2, 0.25) is 22.2 Å². The van der Waals surface area contributed by atoms with E-state index >= 15 is 0 Å². The van der Waals surface area contributed by atoms with Gasteiger partial charge in [0, 0.05) is 6.42 Å². The van der Waals surface area contributed by atoms with Crippen molar-refractivity contribution in [1.29, 1.82) is 0 Å². The molecule has 0 saturated carbocycles. The van der Waals surface area contributed by atoms with Crippen molar-refractivity contribution in [1.82, 2.24) is 19.5 Å². The van der Waals surface area contributed by atoms with Gasteiger partial charge in [0.25, 0.3) is 5.56 Å². The van der Waals surface area contributed by atoms with Gasteiger partial charge in [0.1, 0.15) is 12.3 Å². The first-order valence-corrected chi connectivity index (χ1v) is 17.2. The molecule has 0 spiro atoms. The van der Waals surface area contributed by atoms with Crippen molar-refractivity contribution < 1.29 is 17.7 Å². The van der Waals surface area contributed by atoms with E-state index in [0.29, 0.717) is 23.4 Å². The Morgan fingerprint density at radius 3 is 2.17 bits per heavy atom. The van der Waals surface area contributed by atoms with Crippen LogP contribution in [0.4, 0.5) is 5.95 Å². The number of aromatic amines is 1. The Hall–Kier alpha value is -1.10. The van der Waals surface area contributed by atoms with Crippen molar-refractivity contribution in [3.63, 3.8) is 0 Å². The van der Waals surface area contributed by atoms with Crippen molar-refractivity contribution in [2.75, 3.05) is 12.3 Å². The van der Waals surface area contributed by atoms with Crippen LogP contribution in [0.5, 0.6) is 0 Å². The molecule has 0 radical (unpaired) electrons. The van der Waals surface area contributed by atoms with Crippen LogP contribution in [0, 0.1) is 0 Å². The van der Waals surface area contributed by atoms with Crippen molar-refractivity contribution in [3.05, 3.63) is 15.1 Å². The predicted molar refractivity (Wildman–Crippen MR) is 143 cm³/mol. The molecule has 2 aromatic rings. The molecule has 2 aliphatic heterocycles. The number of fused-ring (bicyclic) bond motifs is 2. The fraction of sp³-hybridized carbons (Fsp3) is 0.773. The molecule has 2 aliphatic rings. The highest BCUT2D eigenvalue weighted by molar-refractivity contribution is 9.10. The van der Waals surface area contributed by atoms with Gasteiger partial charge >= 0.3 is 17.1 Å². The summed E-state index contributed by atoms with van der Waals surface area (Å²) in [6.45, 7) is 18.0. The molecule has 0 aliphatic carbocycles. The first-order valence-electron chi connectivity index (χ1n) is 12.4. The average Bonchev–Trinajstić information content (AvgIpc) is 3.26. The monoisotopic (exact) mass is 587 g/mol. The van der Waals surface area contributed by atoms with Crippen molar-refractivity contribution >= 4 is 50.2 Å². The number of imidazole rings is 1. The Morgan fingerprint density at radius 2 is 1.60 bits per heavy atom. The largest absolute Gasteiger partial charge is 0.414 e. The maximum absolute atomic E-state index is 12.4. The quantitative estimate of drug-likeness (QED) is 0.380. The van der Waals surface area contributed by atoms with E-state index < -0.39 is 23.3 Å². The normalized spacial score (nSPS) is 26.6. The molecule has 4 rings (SSSR count). The van der Waals surface area contributed by atoms with E-state index in [4.69, 9.17) is 23.4 Å². The molecule has 4 heterocycles. The highest BCUT2D eigenvalue weighted by Crippen LogP contribution is 2.48. The van der Waals surface area contributed by atoms with Crippen LogP contribution in [0.3, 0.4) is 0 Å². The van der Waals surface area contributed by atoms with Gasteiger partial charge in [0.15, 0.2) is 15.9 Å². The summed E-state index contributed by atoms with van der Waals surface area (Å²) in [5.41, 5.74) is 7.00. The van der Waals surface area contributed by atoms with E-state index in [1.807, 2.05) is 0 Å². The van der Waals surface area contributed by atoms with Crippen LogP contribution in [0.1, 0.15) is 68.0 Å². The van der Waals surface area contributed by atoms with Crippen molar-refractivity contribution in [2.45, 2.75) is 102 Å². The van der Waals surface area contributed by atoms with Gasteiger partial charge in [0.05, 0.1) is 12.7 Å². The second-order valence-electron chi connectivity index (χ2n) is 10.9. The van der Waals surface area contributed by atoms with E-state index in [2.05, 4.69) is 86.3 Å². The molecule has 35 heavy (non-hydrogen) atoms. The third-order valence-corrected chi connectivity index (χ3v) is 18.2. The molecule has 2 saturated heterocycles. The van der Waals surface area contributed by atoms with Gasteiger partial charge in [-0.05, 0) is 38.1 Å². The minimum Gasteiger partial charge on any atom is -0.414 e. The molecule has 0 unspecified atom stereocenters. The molecule has 2 aromatic heterocycles. The number of H-pyrrole nitrogens is 1. The summed E-state index contributed by atoms with van der Waals surface area (Å²) < 4.78 is 29.9. The van der Waals surface area contributed by atoms with Gasteiger partial charge in [-0.15, -0.1) is 0 Å². The number of halogens is 1. The van der Waals surface area contributed by atoms with Gasteiger partial charge < -0.3 is 23.4 Å². The van der Waals surface area contributed by atoms with Crippen LogP contribution in [-0.2, 0) is 17.7 Å².